The molecule has 0 bridgehead atoms. The number of aryl methyl sites for hydroxylation is 1. The zero-order valence-corrected chi connectivity index (χ0v) is 23.5. The van der Waals surface area contributed by atoms with Gasteiger partial charge in [0, 0.05) is 67.5 Å². The first-order valence-electron chi connectivity index (χ1n) is 13.8. The van der Waals surface area contributed by atoms with E-state index in [9.17, 15) is 4.39 Å². The summed E-state index contributed by atoms with van der Waals surface area (Å²) in [5, 5.41) is 23.0. The Morgan fingerprint density at radius 1 is 1.05 bits per heavy atom. The second-order valence-corrected chi connectivity index (χ2v) is 10.8. The van der Waals surface area contributed by atoms with Gasteiger partial charge >= 0.3 is 0 Å². The smallest absolute Gasteiger partial charge is 0.247 e. The van der Waals surface area contributed by atoms with Crippen molar-refractivity contribution < 1.29 is 18.3 Å². The SMILES string of the molecule is COc1cccc(F)c1CN1CC(OC)C[C@@H](c2nnc(-c3ccc4[nH]nc(-c5ccc6nn(C)cc6c5)c4c3)o2)C1. The van der Waals surface area contributed by atoms with Crippen LogP contribution < -0.4 is 4.74 Å². The Labute approximate surface area is 241 Å². The van der Waals surface area contributed by atoms with Crippen LogP contribution in [-0.4, -0.2) is 68.5 Å². The van der Waals surface area contributed by atoms with Gasteiger partial charge in [0.1, 0.15) is 11.6 Å². The van der Waals surface area contributed by atoms with E-state index in [0.29, 0.717) is 42.7 Å². The number of halogens is 1. The van der Waals surface area contributed by atoms with Crippen LogP contribution in [0.5, 0.6) is 5.75 Å². The Morgan fingerprint density at radius 2 is 1.93 bits per heavy atom. The highest BCUT2D eigenvalue weighted by Crippen LogP contribution is 2.34. The average Bonchev–Trinajstić information content (AvgIpc) is 3.75. The minimum atomic E-state index is -0.292. The number of aromatic amines is 1. The van der Waals surface area contributed by atoms with E-state index in [1.54, 1.807) is 31.0 Å². The molecule has 1 saturated heterocycles. The predicted molar refractivity (Wildman–Crippen MR) is 155 cm³/mol. The van der Waals surface area contributed by atoms with Gasteiger partial charge in [0.2, 0.25) is 11.8 Å². The lowest BCUT2D eigenvalue weighted by Crippen LogP contribution is -2.42. The monoisotopic (exact) mass is 567 g/mol. The molecule has 6 aromatic rings. The summed E-state index contributed by atoms with van der Waals surface area (Å²) in [6, 6.07) is 16.9. The standard InChI is InChI=1S/C31H30FN7O3/c1-38-14-20-11-18(7-9-26(20)37-38)29-23-13-19(8-10-27(23)33-34-29)30-35-36-31(42-30)21-12-22(40-2)16-39(15-21)17-24-25(32)5-4-6-28(24)41-3/h4-11,13-14,21-22H,12,15-17H2,1-3H3,(H,33,34)/t21-,22?/m1/s1. The van der Waals surface area contributed by atoms with Crippen LogP contribution in [0, 0.1) is 5.82 Å². The number of fused-ring (bicyclic) bond motifs is 2. The van der Waals surface area contributed by atoms with E-state index < -0.39 is 0 Å². The van der Waals surface area contributed by atoms with Gasteiger partial charge in [-0.3, -0.25) is 14.7 Å². The quantitative estimate of drug-likeness (QED) is 0.276. The molecule has 214 valence electrons. The van der Waals surface area contributed by atoms with Gasteiger partial charge in [0.05, 0.1) is 35.9 Å². The number of hydrogen-bond acceptors (Lipinski definition) is 8. The number of aromatic nitrogens is 6. The molecule has 1 aliphatic heterocycles. The van der Waals surface area contributed by atoms with Crippen molar-refractivity contribution >= 4 is 21.8 Å². The highest BCUT2D eigenvalue weighted by molar-refractivity contribution is 5.97. The zero-order valence-electron chi connectivity index (χ0n) is 23.5. The number of methoxy groups -OCH3 is 2. The summed E-state index contributed by atoms with van der Waals surface area (Å²) in [6.07, 6.45) is 2.66. The van der Waals surface area contributed by atoms with Gasteiger partial charge in [-0.25, -0.2) is 4.39 Å². The second-order valence-electron chi connectivity index (χ2n) is 10.8. The molecule has 42 heavy (non-hydrogen) atoms. The van der Waals surface area contributed by atoms with Gasteiger partial charge in [-0.15, -0.1) is 10.2 Å². The molecule has 3 aromatic carbocycles. The second kappa shape index (κ2) is 10.7. The van der Waals surface area contributed by atoms with Crippen LogP contribution >= 0.6 is 0 Å². The van der Waals surface area contributed by atoms with Gasteiger partial charge in [-0.2, -0.15) is 10.2 Å². The number of benzene rings is 3. The van der Waals surface area contributed by atoms with E-state index in [0.717, 1.165) is 45.0 Å². The minimum Gasteiger partial charge on any atom is -0.496 e. The molecule has 4 heterocycles. The van der Waals surface area contributed by atoms with Crippen molar-refractivity contribution in [3.63, 3.8) is 0 Å². The number of nitrogens with zero attached hydrogens (tertiary/aromatic N) is 6. The lowest BCUT2D eigenvalue weighted by atomic mass is 9.95. The van der Waals surface area contributed by atoms with Crippen LogP contribution in [-0.2, 0) is 18.3 Å². The number of ether oxygens (including phenoxy) is 2. The fourth-order valence-corrected chi connectivity index (χ4v) is 5.91. The molecular formula is C31H30FN7O3. The van der Waals surface area contributed by atoms with Crippen molar-refractivity contribution in [2.75, 3.05) is 27.3 Å². The Balaban J connectivity index is 1.16. The average molecular weight is 568 g/mol. The van der Waals surface area contributed by atoms with E-state index in [4.69, 9.17) is 13.9 Å². The maximum atomic E-state index is 14.7. The predicted octanol–water partition coefficient (Wildman–Crippen LogP) is 5.32. The topological polar surface area (TPSA) is 107 Å². The third kappa shape index (κ3) is 4.80. The molecule has 11 heteroatoms. The Kier molecular flexibility index (Phi) is 6.67. The molecule has 0 spiro atoms. The molecule has 1 unspecified atom stereocenters. The number of hydrogen-bond donors (Lipinski definition) is 1. The summed E-state index contributed by atoms with van der Waals surface area (Å²) < 4.78 is 33.9. The third-order valence-corrected chi connectivity index (χ3v) is 7.99. The van der Waals surface area contributed by atoms with E-state index in [-0.39, 0.29) is 17.8 Å². The van der Waals surface area contributed by atoms with Crippen LogP contribution in [0.15, 0.2) is 65.2 Å². The molecular weight excluding hydrogens is 537 g/mol. The molecule has 0 aliphatic carbocycles. The highest BCUT2D eigenvalue weighted by atomic mass is 19.1. The largest absolute Gasteiger partial charge is 0.496 e. The summed E-state index contributed by atoms with van der Waals surface area (Å²) in [5.74, 6) is 1.14. The van der Waals surface area contributed by atoms with Crippen LogP contribution in [0.25, 0.3) is 44.5 Å². The molecule has 1 aliphatic rings. The molecule has 1 fully saturated rings. The summed E-state index contributed by atoms with van der Waals surface area (Å²) in [6.45, 7) is 1.68. The normalized spacial score (nSPS) is 17.8. The number of likely N-dealkylation sites (tertiary alicyclic amines) is 1. The third-order valence-electron chi connectivity index (χ3n) is 7.99. The molecule has 1 N–H and O–H groups in total. The van der Waals surface area contributed by atoms with Crippen molar-refractivity contribution in [1.29, 1.82) is 0 Å². The maximum absolute atomic E-state index is 14.7. The van der Waals surface area contributed by atoms with Crippen molar-refractivity contribution in [3.05, 3.63) is 78.1 Å². The maximum Gasteiger partial charge on any atom is 0.247 e. The van der Waals surface area contributed by atoms with Crippen LogP contribution in [0.1, 0.15) is 23.8 Å². The van der Waals surface area contributed by atoms with E-state index >= 15 is 0 Å². The lowest BCUT2D eigenvalue weighted by molar-refractivity contribution is 0.0148. The van der Waals surface area contributed by atoms with E-state index in [1.807, 2.05) is 43.6 Å². The Hall–Kier alpha value is -4.61. The lowest BCUT2D eigenvalue weighted by Gasteiger charge is -2.36. The van der Waals surface area contributed by atoms with E-state index in [2.05, 4.69) is 36.5 Å². The zero-order chi connectivity index (χ0) is 28.8. The van der Waals surface area contributed by atoms with Gasteiger partial charge in [-0.1, -0.05) is 12.1 Å². The summed E-state index contributed by atoms with van der Waals surface area (Å²) in [7, 11) is 5.16. The van der Waals surface area contributed by atoms with Crippen molar-refractivity contribution in [3.8, 4) is 28.5 Å². The van der Waals surface area contributed by atoms with Gasteiger partial charge < -0.3 is 13.9 Å². The Bertz CT molecular complexity index is 1890. The van der Waals surface area contributed by atoms with E-state index in [1.165, 1.54) is 6.07 Å². The van der Waals surface area contributed by atoms with Crippen molar-refractivity contribution in [2.45, 2.75) is 25.0 Å². The summed E-state index contributed by atoms with van der Waals surface area (Å²) in [4.78, 5) is 2.15. The molecule has 0 saturated carbocycles. The van der Waals surface area contributed by atoms with Gasteiger partial charge in [0.25, 0.3) is 0 Å². The van der Waals surface area contributed by atoms with Crippen LogP contribution in [0.4, 0.5) is 4.39 Å². The molecule has 0 radical (unpaired) electrons. The van der Waals surface area contributed by atoms with Gasteiger partial charge in [0.15, 0.2) is 0 Å². The molecule has 2 atom stereocenters. The fraction of sp³-hybridized carbons (Fsp3) is 0.290. The van der Waals surface area contributed by atoms with Crippen molar-refractivity contribution in [1.82, 2.24) is 35.1 Å². The van der Waals surface area contributed by atoms with Crippen molar-refractivity contribution in [2.24, 2.45) is 7.05 Å². The first kappa shape index (κ1) is 26.3. The van der Waals surface area contributed by atoms with Crippen LogP contribution in [0.3, 0.4) is 0 Å². The molecule has 10 nitrogen and oxygen atoms in total. The molecule has 0 amide bonds. The number of rotatable bonds is 7. The molecule has 7 rings (SSSR count). The first-order chi connectivity index (χ1) is 20.5. The first-order valence-corrected chi connectivity index (χ1v) is 13.8. The number of nitrogens with one attached hydrogen (secondary N) is 1. The van der Waals surface area contributed by atoms with Gasteiger partial charge in [-0.05, 0) is 48.9 Å². The summed E-state index contributed by atoms with van der Waals surface area (Å²) in [5.41, 5.74) is 5.00. The number of H-pyrrole nitrogens is 1. The number of piperidine rings is 1. The fourth-order valence-electron chi connectivity index (χ4n) is 5.91. The molecule has 3 aromatic heterocycles. The highest BCUT2D eigenvalue weighted by Gasteiger charge is 2.32. The van der Waals surface area contributed by atoms with Crippen LogP contribution in [0.2, 0.25) is 0 Å². The summed E-state index contributed by atoms with van der Waals surface area (Å²) >= 11 is 0. The minimum absolute atomic E-state index is 0.0566. The Morgan fingerprint density at radius 3 is 2.79 bits per heavy atom.